The van der Waals surface area contributed by atoms with Gasteiger partial charge in [-0.1, -0.05) is 26.0 Å². The summed E-state index contributed by atoms with van der Waals surface area (Å²) in [6, 6.07) is 8.34. The number of benzene rings is 1. The topological polar surface area (TPSA) is 29.1 Å². The molecule has 1 N–H and O–H groups in total. The van der Waals surface area contributed by atoms with Gasteiger partial charge in [-0.15, -0.1) is 11.8 Å². The van der Waals surface area contributed by atoms with Crippen molar-refractivity contribution in [2.75, 3.05) is 6.26 Å². The van der Waals surface area contributed by atoms with Gasteiger partial charge in [-0.25, -0.2) is 0 Å². The number of thioether (sulfide) groups is 1. The molecule has 0 aromatic heterocycles. The predicted octanol–water partition coefficient (Wildman–Crippen LogP) is 3.58. The average molecular weight is 263 g/mol. The maximum absolute atomic E-state index is 11.7. The van der Waals surface area contributed by atoms with E-state index in [1.165, 1.54) is 4.90 Å². The Hall–Kier alpha value is -1.22. The fraction of sp³-hybridized carbons (Fsp3) is 0.400. The zero-order chi connectivity index (χ0) is 13.5. The Morgan fingerprint density at radius 1 is 1.22 bits per heavy atom. The molecular formula is C15H21NOS. The molecule has 98 valence electrons. The highest BCUT2D eigenvalue weighted by Crippen LogP contribution is 2.15. The molecule has 0 spiro atoms. The van der Waals surface area contributed by atoms with E-state index in [2.05, 4.69) is 31.3 Å². The van der Waals surface area contributed by atoms with Gasteiger partial charge in [0.2, 0.25) is 5.91 Å². The highest BCUT2D eigenvalue weighted by atomic mass is 32.2. The van der Waals surface area contributed by atoms with E-state index >= 15 is 0 Å². The van der Waals surface area contributed by atoms with Crippen molar-refractivity contribution in [3.8, 4) is 0 Å². The van der Waals surface area contributed by atoms with Gasteiger partial charge in [0.1, 0.15) is 0 Å². The summed E-state index contributed by atoms with van der Waals surface area (Å²) in [4.78, 5) is 12.9. The molecule has 0 aliphatic heterocycles. The summed E-state index contributed by atoms with van der Waals surface area (Å²) in [5.41, 5.74) is 1.04. The molecule has 0 bridgehead atoms. The molecule has 0 saturated carbocycles. The minimum Gasteiger partial charge on any atom is -0.350 e. The van der Waals surface area contributed by atoms with Crippen LogP contribution in [0.4, 0.5) is 0 Å². The first kappa shape index (κ1) is 14.8. The standard InChI is InChI=1S/C15H21NOS/c1-11(2)12(3)16-15(17)10-7-13-5-8-14(18-4)9-6-13/h5-12H,1-4H3,(H,16,17)/b10-7+. The van der Waals surface area contributed by atoms with E-state index in [-0.39, 0.29) is 11.9 Å². The predicted molar refractivity (Wildman–Crippen MR) is 79.7 cm³/mol. The van der Waals surface area contributed by atoms with E-state index in [9.17, 15) is 4.79 Å². The molecule has 18 heavy (non-hydrogen) atoms. The van der Waals surface area contributed by atoms with E-state index in [1.807, 2.05) is 31.4 Å². The van der Waals surface area contributed by atoms with Gasteiger partial charge in [-0.05, 0) is 42.9 Å². The normalized spacial score (nSPS) is 12.9. The molecule has 0 aliphatic rings. The molecule has 0 fully saturated rings. The molecule has 3 heteroatoms. The van der Waals surface area contributed by atoms with Gasteiger partial charge in [0.25, 0.3) is 0 Å². The second-order valence-electron chi connectivity index (χ2n) is 4.65. The lowest BCUT2D eigenvalue weighted by Crippen LogP contribution is -2.34. The Balaban J connectivity index is 2.55. The van der Waals surface area contributed by atoms with E-state index in [4.69, 9.17) is 0 Å². The SMILES string of the molecule is CSc1ccc(/C=C/C(=O)NC(C)C(C)C)cc1. The zero-order valence-corrected chi connectivity index (χ0v) is 12.3. The molecule has 1 rings (SSSR count). The molecule has 1 amide bonds. The lowest BCUT2D eigenvalue weighted by molar-refractivity contribution is -0.117. The van der Waals surface area contributed by atoms with Gasteiger partial charge in [0.15, 0.2) is 0 Å². The monoisotopic (exact) mass is 263 g/mol. The van der Waals surface area contributed by atoms with Gasteiger partial charge < -0.3 is 5.32 Å². The van der Waals surface area contributed by atoms with Crippen LogP contribution in [0.25, 0.3) is 6.08 Å². The van der Waals surface area contributed by atoms with Gasteiger partial charge in [0, 0.05) is 17.0 Å². The van der Waals surface area contributed by atoms with E-state index < -0.39 is 0 Å². The molecule has 1 atom stereocenters. The van der Waals surface area contributed by atoms with Crippen molar-refractivity contribution < 1.29 is 4.79 Å². The van der Waals surface area contributed by atoms with Gasteiger partial charge in [-0.3, -0.25) is 4.79 Å². The average Bonchev–Trinajstić information content (AvgIpc) is 2.36. The molecule has 1 unspecified atom stereocenters. The first-order valence-corrected chi connectivity index (χ1v) is 7.38. The molecule has 0 radical (unpaired) electrons. The van der Waals surface area contributed by atoms with Crippen molar-refractivity contribution in [3.63, 3.8) is 0 Å². The first-order chi connectivity index (χ1) is 8.52. The van der Waals surface area contributed by atoms with Crippen LogP contribution in [0.15, 0.2) is 35.2 Å². The Bertz CT molecular complexity index is 409. The molecule has 0 saturated heterocycles. The van der Waals surface area contributed by atoms with Gasteiger partial charge in [0.05, 0.1) is 0 Å². The molecule has 0 heterocycles. The summed E-state index contributed by atoms with van der Waals surface area (Å²) in [6.45, 7) is 6.20. The lowest BCUT2D eigenvalue weighted by Gasteiger charge is -2.15. The van der Waals surface area contributed by atoms with Crippen molar-refractivity contribution in [2.24, 2.45) is 5.92 Å². The summed E-state index contributed by atoms with van der Waals surface area (Å²) in [7, 11) is 0. The number of carbonyl (C=O) groups excluding carboxylic acids is 1. The highest BCUT2D eigenvalue weighted by molar-refractivity contribution is 7.98. The second kappa shape index (κ2) is 7.27. The van der Waals surface area contributed by atoms with Crippen LogP contribution >= 0.6 is 11.8 Å². The van der Waals surface area contributed by atoms with Crippen LogP contribution < -0.4 is 5.32 Å². The number of hydrogen-bond acceptors (Lipinski definition) is 2. The maximum Gasteiger partial charge on any atom is 0.244 e. The Morgan fingerprint density at radius 2 is 1.83 bits per heavy atom. The molecule has 2 nitrogen and oxygen atoms in total. The Labute approximate surface area is 114 Å². The number of rotatable bonds is 5. The molecule has 1 aromatic rings. The smallest absolute Gasteiger partial charge is 0.244 e. The molecule has 0 aliphatic carbocycles. The first-order valence-electron chi connectivity index (χ1n) is 6.15. The van der Waals surface area contributed by atoms with Crippen LogP contribution in [-0.4, -0.2) is 18.2 Å². The van der Waals surface area contributed by atoms with Crippen LogP contribution in [0, 0.1) is 5.92 Å². The van der Waals surface area contributed by atoms with Gasteiger partial charge in [-0.2, -0.15) is 0 Å². The summed E-state index contributed by atoms with van der Waals surface area (Å²) < 4.78 is 0. The van der Waals surface area contributed by atoms with Crippen molar-refractivity contribution in [1.82, 2.24) is 5.32 Å². The molecule has 1 aromatic carbocycles. The van der Waals surface area contributed by atoms with Crippen LogP contribution in [-0.2, 0) is 4.79 Å². The van der Waals surface area contributed by atoms with Crippen LogP contribution in [0.1, 0.15) is 26.3 Å². The number of amides is 1. The fourth-order valence-corrected chi connectivity index (χ4v) is 1.73. The van der Waals surface area contributed by atoms with E-state index in [0.717, 1.165) is 5.56 Å². The van der Waals surface area contributed by atoms with Crippen LogP contribution in [0.2, 0.25) is 0 Å². The van der Waals surface area contributed by atoms with Crippen molar-refractivity contribution in [1.29, 1.82) is 0 Å². The summed E-state index contributed by atoms with van der Waals surface area (Å²) >= 11 is 1.71. The van der Waals surface area contributed by atoms with Crippen LogP contribution in [0.5, 0.6) is 0 Å². The van der Waals surface area contributed by atoms with Gasteiger partial charge >= 0.3 is 0 Å². The number of nitrogens with one attached hydrogen (secondary N) is 1. The summed E-state index contributed by atoms with van der Waals surface area (Å²) in [6.07, 6.45) is 5.48. The summed E-state index contributed by atoms with van der Waals surface area (Å²) in [5, 5.41) is 2.94. The van der Waals surface area contributed by atoms with Crippen LogP contribution in [0.3, 0.4) is 0 Å². The Kier molecular flexibility index (Phi) is 5.99. The van der Waals surface area contributed by atoms with E-state index in [1.54, 1.807) is 17.8 Å². The third-order valence-corrected chi connectivity index (χ3v) is 3.66. The zero-order valence-electron chi connectivity index (χ0n) is 11.4. The summed E-state index contributed by atoms with van der Waals surface area (Å²) in [5.74, 6) is 0.411. The Morgan fingerprint density at radius 3 is 2.33 bits per heavy atom. The minimum absolute atomic E-state index is 0.0369. The highest BCUT2D eigenvalue weighted by Gasteiger charge is 2.07. The van der Waals surface area contributed by atoms with Crippen molar-refractivity contribution in [2.45, 2.75) is 31.7 Å². The third-order valence-electron chi connectivity index (χ3n) is 2.91. The minimum atomic E-state index is -0.0369. The van der Waals surface area contributed by atoms with E-state index in [0.29, 0.717) is 5.92 Å². The van der Waals surface area contributed by atoms with Crippen molar-refractivity contribution in [3.05, 3.63) is 35.9 Å². The number of carbonyl (C=O) groups is 1. The fourth-order valence-electron chi connectivity index (χ4n) is 1.33. The third kappa shape index (κ3) is 4.96. The largest absolute Gasteiger partial charge is 0.350 e. The maximum atomic E-state index is 11.7. The molecular weight excluding hydrogens is 242 g/mol. The second-order valence-corrected chi connectivity index (χ2v) is 5.53. The van der Waals surface area contributed by atoms with Crippen molar-refractivity contribution >= 4 is 23.7 Å². The lowest BCUT2D eigenvalue weighted by atomic mass is 10.1. The quantitative estimate of drug-likeness (QED) is 0.650. The number of hydrogen-bond donors (Lipinski definition) is 1.